The van der Waals surface area contributed by atoms with E-state index in [0.29, 0.717) is 18.7 Å². The van der Waals surface area contributed by atoms with Crippen molar-refractivity contribution in [3.05, 3.63) is 137 Å². The molecule has 0 bridgehead atoms. The molecule has 2 aromatic heterocycles. The molecule has 0 aliphatic heterocycles. The second kappa shape index (κ2) is 10.9. The predicted octanol–water partition coefficient (Wildman–Crippen LogP) is 6.94. The first-order valence-electron chi connectivity index (χ1n) is 12.3. The van der Waals surface area contributed by atoms with Crippen molar-refractivity contribution in [1.82, 2.24) is 14.9 Å². The lowest BCUT2D eigenvalue weighted by Gasteiger charge is -2.18. The van der Waals surface area contributed by atoms with Crippen LogP contribution in [-0.4, -0.2) is 15.5 Å². The van der Waals surface area contributed by atoms with Crippen LogP contribution in [0.15, 0.2) is 110 Å². The molecule has 1 unspecified atom stereocenters. The van der Waals surface area contributed by atoms with Gasteiger partial charge in [0.25, 0.3) is 0 Å². The van der Waals surface area contributed by atoms with E-state index in [2.05, 4.69) is 14.9 Å². The fourth-order valence-electron chi connectivity index (χ4n) is 4.73. The standard InChI is InChI=1S/C31H26F3N3O/c32-31(33,34)25-12-10-24(11-13-25)27(18-30(38)36-19-22-14-16-35-17-15-22)28-21-37(20-23-6-2-1-3-7-23)29-9-5-4-8-26(28)29/h1-17,21,27H,18-20H2,(H,36,38). The average Bonchev–Trinajstić information content (AvgIpc) is 3.29. The third-order valence-corrected chi connectivity index (χ3v) is 6.66. The molecule has 1 N–H and O–H groups in total. The van der Waals surface area contributed by atoms with E-state index in [-0.39, 0.29) is 12.3 Å². The molecule has 5 aromatic rings. The van der Waals surface area contributed by atoms with Gasteiger partial charge in [-0.25, -0.2) is 0 Å². The van der Waals surface area contributed by atoms with E-state index in [9.17, 15) is 18.0 Å². The molecule has 3 aromatic carbocycles. The Bertz CT molecular complexity index is 1510. The molecule has 0 saturated carbocycles. The van der Waals surface area contributed by atoms with Crippen LogP contribution in [-0.2, 0) is 24.1 Å². The molecule has 1 atom stereocenters. The fraction of sp³-hybridized carbons (Fsp3) is 0.161. The number of hydrogen-bond donors (Lipinski definition) is 1. The van der Waals surface area contributed by atoms with Gasteiger partial charge in [-0.1, -0.05) is 60.7 Å². The van der Waals surface area contributed by atoms with Crippen molar-refractivity contribution in [1.29, 1.82) is 0 Å². The highest BCUT2D eigenvalue weighted by Crippen LogP contribution is 2.37. The van der Waals surface area contributed by atoms with E-state index in [4.69, 9.17) is 0 Å². The minimum Gasteiger partial charge on any atom is -0.352 e. The first-order valence-corrected chi connectivity index (χ1v) is 12.3. The summed E-state index contributed by atoms with van der Waals surface area (Å²) in [4.78, 5) is 17.1. The summed E-state index contributed by atoms with van der Waals surface area (Å²) in [5.41, 5.74) is 3.88. The molecule has 7 heteroatoms. The van der Waals surface area contributed by atoms with Gasteiger partial charge in [0.2, 0.25) is 5.91 Å². The third-order valence-electron chi connectivity index (χ3n) is 6.66. The van der Waals surface area contributed by atoms with Gasteiger partial charge < -0.3 is 9.88 Å². The lowest BCUT2D eigenvalue weighted by atomic mass is 9.87. The molecule has 0 spiro atoms. The van der Waals surface area contributed by atoms with Gasteiger partial charge in [0, 0.05) is 54.9 Å². The van der Waals surface area contributed by atoms with Crippen LogP contribution < -0.4 is 5.32 Å². The SMILES string of the molecule is O=C(CC(c1ccc(C(F)(F)F)cc1)c1cn(Cc2ccccc2)c2ccccc12)NCc1ccncc1. The Labute approximate surface area is 218 Å². The van der Waals surface area contributed by atoms with Crippen molar-refractivity contribution >= 4 is 16.8 Å². The van der Waals surface area contributed by atoms with Crippen LogP contribution in [0.1, 0.15) is 40.2 Å². The highest BCUT2D eigenvalue weighted by atomic mass is 19.4. The van der Waals surface area contributed by atoms with Crippen LogP contribution in [0, 0.1) is 0 Å². The van der Waals surface area contributed by atoms with Crippen molar-refractivity contribution in [3.8, 4) is 0 Å². The number of amides is 1. The summed E-state index contributed by atoms with van der Waals surface area (Å²) in [5.74, 6) is -0.622. The van der Waals surface area contributed by atoms with E-state index < -0.39 is 17.7 Å². The van der Waals surface area contributed by atoms with Gasteiger partial charge >= 0.3 is 6.18 Å². The van der Waals surface area contributed by atoms with Crippen molar-refractivity contribution in [2.24, 2.45) is 0 Å². The van der Waals surface area contributed by atoms with Gasteiger partial charge in [-0.2, -0.15) is 13.2 Å². The number of alkyl halides is 3. The number of benzene rings is 3. The topological polar surface area (TPSA) is 46.9 Å². The van der Waals surface area contributed by atoms with Crippen molar-refractivity contribution in [2.45, 2.75) is 31.6 Å². The first kappa shape index (κ1) is 25.3. The molecular weight excluding hydrogens is 487 g/mol. The zero-order valence-corrected chi connectivity index (χ0v) is 20.5. The Balaban J connectivity index is 1.51. The summed E-state index contributed by atoms with van der Waals surface area (Å²) in [5, 5.41) is 3.91. The molecule has 0 fully saturated rings. The Kier molecular flexibility index (Phi) is 7.26. The van der Waals surface area contributed by atoms with Crippen LogP contribution in [0.5, 0.6) is 0 Å². The number of nitrogens with zero attached hydrogens (tertiary/aromatic N) is 2. The highest BCUT2D eigenvalue weighted by Gasteiger charge is 2.31. The fourth-order valence-corrected chi connectivity index (χ4v) is 4.73. The first-order chi connectivity index (χ1) is 18.4. The molecule has 5 rings (SSSR count). The van der Waals surface area contributed by atoms with Crippen molar-refractivity contribution in [3.63, 3.8) is 0 Å². The number of aromatic nitrogens is 2. The quantitative estimate of drug-likeness (QED) is 0.244. The van der Waals surface area contributed by atoms with E-state index in [1.807, 2.05) is 72.9 Å². The van der Waals surface area contributed by atoms with Crippen LogP contribution in [0.3, 0.4) is 0 Å². The van der Waals surface area contributed by atoms with Crippen LogP contribution in [0.4, 0.5) is 13.2 Å². The zero-order valence-electron chi connectivity index (χ0n) is 20.5. The molecule has 2 heterocycles. The number of pyridine rings is 1. The monoisotopic (exact) mass is 513 g/mol. The number of nitrogens with one attached hydrogen (secondary N) is 1. The second-order valence-corrected chi connectivity index (χ2v) is 9.22. The molecule has 0 radical (unpaired) electrons. The van der Waals surface area contributed by atoms with E-state index in [1.165, 1.54) is 12.1 Å². The maximum absolute atomic E-state index is 13.3. The maximum atomic E-state index is 13.3. The minimum absolute atomic E-state index is 0.0930. The smallest absolute Gasteiger partial charge is 0.352 e. The zero-order chi connectivity index (χ0) is 26.5. The third kappa shape index (κ3) is 5.78. The van der Waals surface area contributed by atoms with Gasteiger partial charge in [-0.05, 0) is 52.6 Å². The molecule has 192 valence electrons. The second-order valence-electron chi connectivity index (χ2n) is 9.22. The van der Waals surface area contributed by atoms with Crippen molar-refractivity contribution in [2.75, 3.05) is 0 Å². The molecule has 0 saturated heterocycles. The van der Waals surface area contributed by atoms with Gasteiger partial charge in [-0.15, -0.1) is 0 Å². The Morgan fingerprint density at radius 1 is 0.842 bits per heavy atom. The number of rotatable bonds is 8. The summed E-state index contributed by atoms with van der Waals surface area (Å²) in [6.07, 6.45) is 1.01. The largest absolute Gasteiger partial charge is 0.416 e. The Morgan fingerprint density at radius 2 is 1.53 bits per heavy atom. The summed E-state index contributed by atoms with van der Waals surface area (Å²) in [6.45, 7) is 0.978. The van der Waals surface area contributed by atoms with Crippen LogP contribution in [0.25, 0.3) is 10.9 Å². The van der Waals surface area contributed by atoms with Crippen LogP contribution >= 0.6 is 0 Å². The number of carbonyl (C=O) groups excluding carboxylic acids is 1. The van der Waals surface area contributed by atoms with Gasteiger partial charge in [0.1, 0.15) is 0 Å². The number of fused-ring (bicyclic) bond motifs is 1. The summed E-state index contributed by atoms with van der Waals surface area (Å²) in [6, 6.07) is 26.7. The normalized spacial score (nSPS) is 12.4. The summed E-state index contributed by atoms with van der Waals surface area (Å²) in [7, 11) is 0. The van der Waals surface area contributed by atoms with Crippen molar-refractivity contribution < 1.29 is 18.0 Å². The van der Waals surface area contributed by atoms with E-state index in [0.717, 1.165) is 39.7 Å². The average molecular weight is 514 g/mol. The summed E-state index contributed by atoms with van der Waals surface area (Å²) < 4.78 is 41.9. The Morgan fingerprint density at radius 3 is 2.24 bits per heavy atom. The van der Waals surface area contributed by atoms with E-state index >= 15 is 0 Å². The number of carbonyl (C=O) groups is 1. The minimum atomic E-state index is -4.43. The molecular formula is C31H26F3N3O. The van der Waals surface area contributed by atoms with Gasteiger partial charge in [-0.3, -0.25) is 9.78 Å². The Hall–Kier alpha value is -4.39. The lowest BCUT2D eigenvalue weighted by Crippen LogP contribution is -2.25. The molecule has 4 nitrogen and oxygen atoms in total. The molecule has 0 aliphatic carbocycles. The number of halogens is 3. The maximum Gasteiger partial charge on any atom is 0.416 e. The van der Waals surface area contributed by atoms with Gasteiger partial charge in [0.15, 0.2) is 0 Å². The number of hydrogen-bond acceptors (Lipinski definition) is 2. The lowest BCUT2D eigenvalue weighted by molar-refractivity contribution is -0.137. The van der Waals surface area contributed by atoms with E-state index in [1.54, 1.807) is 12.4 Å². The molecule has 38 heavy (non-hydrogen) atoms. The number of para-hydroxylation sites is 1. The van der Waals surface area contributed by atoms with Crippen LogP contribution in [0.2, 0.25) is 0 Å². The van der Waals surface area contributed by atoms with Gasteiger partial charge in [0.05, 0.1) is 5.56 Å². The molecule has 1 amide bonds. The summed E-state index contributed by atoms with van der Waals surface area (Å²) >= 11 is 0. The molecule has 0 aliphatic rings. The highest BCUT2D eigenvalue weighted by molar-refractivity contribution is 5.86. The predicted molar refractivity (Wildman–Crippen MR) is 141 cm³/mol.